The van der Waals surface area contributed by atoms with Gasteiger partial charge in [-0.3, -0.25) is 0 Å². The maximum absolute atomic E-state index is 5.68. The molecule has 2 aliphatic heterocycles. The highest BCUT2D eigenvalue weighted by atomic mass is 32.2. The van der Waals surface area contributed by atoms with Crippen LogP contribution in [0.25, 0.3) is 0 Å². The second-order valence-electron chi connectivity index (χ2n) is 6.03. The van der Waals surface area contributed by atoms with Gasteiger partial charge in [-0.25, -0.2) is 0 Å². The summed E-state index contributed by atoms with van der Waals surface area (Å²) in [6.07, 6.45) is 1.21. The van der Waals surface area contributed by atoms with Crippen LogP contribution >= 0.6 is 11.8 Å². The first-order chi connectivity index (χ1) is 8.63. The van der Waals surface area contributed by atoms with Gasteiger partial charge in [0.15, 0.2) is 0 Å². The van der Waals surface area contributed by atoms with Crippen molar-refractivity contribution in [1.29, 1.82) is 0 Å². The van der Waals surface area contributed by atoms with E-state index < -0.39 is 0 Å². The van der Waals surface area contributed by atoms with E-state index in [0.29, 0.717) is 5.41 Å². The number of hydrogen-bond donors (Lipinski definition) is 1. The molecule has 2 heterocycles. The predicted octanol–water partition coefficient (Wildman–Crippen LogP) is 1.83. The van der Waals surface area contributed by atoms with Gasteiger partial charge in [-0.15, -0.1) is 0 Å². The lowest BCUT2D eigenvalue weighted by molar-refractivity contribution is 0.108. The van der Waals surface area contributed by atoms with Crippen molar-refractivity contribution in [3.8, 4) is 0 Å². The van der Waals surface area contributed by atoms with Crippen molar-refractivity contribution in [2.75, 3.05) is 45.9 Å². The molecule has 18 heavy (non-hydrogen) atoms. The zero-order valence-corrected chi connectivity index (χ0v) is 12.9. The third-order valence-electron chi connectivity index (χ3n) is 3.99. The molecular weight excluding hydrogens is 244 g/mol. The number of rotatable bonds is 5. The molecule has 0 aromatic heterocycles. The Bertz CT molecular complexity index is 246. The van der Waals surface area contributed by atoms with Gasteiger partial charge in [0.05, 0.1) is 6.61 Å². The van der Waals surface area contributed by atoms with Crippen LogP contribution in [-0.2, 0) is 4.74 Å². The average molecular weight is 272 g/mol. The van der Waals surface area contributed by atoms with Gasteiger partial charge in [0.2, 0.25) is 0 Å². The molecule has 2 fully saturated rings. The second kappa shape index (κ2) is 6.60. The van der Waals surface area contributed by atoms with E-state index in [4.69, 9.17) is 4.74 Å². The Morgan fingerprint density at radius 2 is 2.06 bits per heavy atom. The third kappa shape index (κ3) is 3.86. The van der Waals surface area contributed by atoms with Crippen molar-refractivity contribution in [1.82, 2.24) is 10.2 Å². The minimum atomic E-state index is 0.359. The molecule has 2 rings (SSSR count). The second-order valence-corrected chi connectivity index (χ2v) is 7.92. The van der Waals surface area contributed by atoms with Crippen molar-refractivity contribution in [2.24, 2.45) is 5.41 Å². The van der Waals surface area contributed by atoms with Crippen LogP contribution in [0, 0.1) is 5.41 Å². The smallest absolute Gasteiger partial charge is 0.0547 e. The molecule has 0 aromatic carbocycles. The first-order valence-corrected chi connectivity index (χ1v) is 8.24. The van der Waals surface area contributed by atoms with E-state index in [9.17, 15) is 0 Å². The number of nitrogens with zero attached hydrogens (tertiary/aromatic N) is 1. The summed E-state index contributed by atoms with van der Waals surface area (Å²) in [7, 11) is 0. The molecule has 0 bridgehead atoms. The lowest BCUT2D eigenvalue weighted by Crippen LogP contribution is -2.49. The van der Waals surface area contributed by atoms with Crippen LogP contribution in [0.2, 0.25) is 0 Å². The number of ether oxygens (including phenoxy) is 1. The summed E-state index contributed by atoms with van der Waals surface area (Å²) in [5.74, 6) is 0. The zero-order valence-electron chi connectivity index (χ0n) is 12.1. The van der Waals surface area contributed by atoms with Gasteiger partial charge in [-0.1, -0.05) is 20.8 Å². The summed E-state index contributed by atoms with van der Waals surface area (Å²) >= 11 is 2.13. The molecule has 0 aromatic rings. The molecule has 3 atom stereocenters. The van der Waals surface area contributed by atoms with E-state index in [0.717, 1.165) is 36.8 Å². The van der Waals surface area contributed by atoms with Gasteiger partial charge in [0, 0.05) is 48.7 Å². The molecule has 3 nitrogen and oxygen atoms in total. The van der Waals surface area contributed by atoms with Gasteiger partial charge in [-0.2, -0.15) is 11.8 Å². The molecule has 0 saturated carbocycles. The quantitative estimate of drug-likeness (QED) is 0.825. The van der Waals surface area contributed by atoms with E-state index in [1.165, 1.54) is 26.1 Å². The van der Waals surface area contributed by atoms with Crippen LogP contribution in [0.3, 0.4) is 0 Å². The number of nitrogens with one attached hydrogen (secondary N) is 1. The highest BCUT2D eigenvalue weighted by Crippen LogP contribution is 2.32. The van der Waals surface area contributed by atoms with E-state index in [1.54, 1.807) is 0 Å². The van der Waals surface area contributed by atoms with Crippen LogP contribution in [0.4, 0.5) is 0 Å². The summed E-state index contributed by atoms with van der Waals surface area (Å²) < 4.78 is 5.68. The zero-order chi connectivity index (χ0) is 13.0. The molecule has 2 saturated heterocycles. The van der Waals surface area contributed by atoms with Crippen LogP contribution in [0.1, 0.15) is 27.2 Å². The molecule has 3 unspecified atom stereocenters. The maximum Gasteiger partial charge on any atom is 0.0547 e. The minimum Gasteiger partial charge on any atom is -0.381 e. The highest BCUT2D eigenvalue weighted by molar-refractivity contribution is 8.00. The maximum atomic E-state index is 5.68. The summed E-state index contributed by atoms with van der Waals surface area (Å²) in [6, 6.07) is 0. The molecular formula is C14H28N2OS. The van der Waals surface area contributed by atoms with Gasteiger partial charge >= 0.3 is 0 Å². The van der Waals surface area contributed by atoms with Crippen molar-refractivity contribution in [3.63, 3.8) is 0 Å². The lowest BCUT2D eigenvalue weighted by atomic mass is 9.86. The first kappa shape index (κ1) is 14.6. The van der Waals surface area contributed by atoms with Crippen molar-refractivity contribution < 1.29 is 4.74 Å². The van der Waals surface area contributed by atoms with Crippen molar-refractivity contribution in [2.45, 2.75) is 37.7 Å². The van der Waals surface area contributed by atoms with Crippen LogP contribution in [-0.4, -0.2) is 61.3 Å². The topological polar surface area (TPSA) is 24.5 Å². The molecule has 0 spiro atoms. The fourth-order valence-electron chi connectivity index (χ4n) is 3.25. The lowest BCUT2D eigenvalue weighted by Gasteiger charge is -2.40. The highest BCUT2D eigenvalue weighted by Gasteiger charge is 2.37. The fourth-order valence-corrected chi connectivity index (χ4v) is 4.63. The predicted molar refractivity (Wildman–Crippen MR) is 79.4 cm³/mol. The summed E-state index contributed by atoms with van der Waals surface area (Å²) in [4.78, 5) is 2.66. The number of hydrogen-bond acceptors (Lipinski definition) is 4. The minimum absolute atomic E-state index is 0.359. The van der Waals surface area contributed by atoms with Crippen molar-refractivity contribution in [3.05, 3.63) is 0 Å². The van der Waals surface area contributed by atoms with Crippen molar-refractivity contribution >= 4 is 11.8 Å². The first-order valence-electron chi connectivity index (χ1n) is 7.30. The molecule has 106 valence electrons. The Morgan fingerprint density at radius 1 is 1.33 bits per heavy atom. The SMILES string of the molecule is CCNCC1(CN2CC(C)SC(C)C2)CCOC1. The molecule has 2 aliphatic rings. The summed E-state index contributed by atoms with van der Waals surface area (Å²) in [6.45, 7) is 14.6. The summed E-state index contributed by atoms with van der Waals surface area (Å²) in [5.41, 5.74) is 0.359. The van der Waals surface area contributed by atoms with Gasteiger partial charge in [0.25, 0.3) is 0 Å². The molecule has 1 N–H and O–H groups in total. The monoisotopic (exact) mass is 272 g/mol. The summed E-state index contributed by atoms with van der Waals surface area (Å²) in [5, 5.41) is 5.07. The normalized spacial score (nSPS) is 38.2. The van der Waals surface area contributed by atoms with Crippen LogP contribution in [0.5, 0.6) is 0 Å². The van der Waals surface area contributed by atoms with Crippen LogP contribution in [0.15, 0.2) is 0 Å². The van der Waals surface area contributed by atoms with E-state index in [-0.39, 0.29) is 0 Å². The average Bonchev–Trinajstić information content (AvgIpc) is 2.74. The van der Waals surface area contributed by atoms with E-state index in [1.807, 2.05) is 0 Å². The Balaban J connectivity index is 1.91. The molecule has 0 aliphatic carbocycles. The van der Waals surface area contributed by atoms with Gasteiger partial charge in [0.1, 0.15) is 0 Å². The van der Waals surface area contributed by atoms with Gasteiger partial charge in [-0.05, 0) is 13.0 Å². The standard InChI is InChI=1S/C14H28N2OS/c1-4-15-9-14(5-6-17-11-14)10-16-7-12(2)18-13(3)8-16/h12-13,15H,4-11H2,1-3H3. The Morgan fingerprint density at radius 3 is 2.61 bits per heavy atom. The van der Waals surface area contributed by atoms with Gasteiger partial charge < -0.3 is 15.0 Å². The van der Waals surface area contributed by atoms with E-state index in [2.05, 4.69) is 42.7 Å². The molecule has 0 amide bonds. The Hall–Kier alpha value is 0.230. The van der Waals surface area contributed by atoms with Crippen LogP contribution < -0.4 is 5.32 Å². The molecule has 4 heteroatoms. The Labute approximate surface area is 116 Å². The fraction of sp³-hybridized carbons (Fsp3) is 1.00. The Kier molecular flexibility index (Phi) is 5.36. The van der Waals surface area contributed by atoms with E-state index >= 15 is 0 Å². The molecule has 0 radical (unpaired) electrons. The largest absolute Gasteiger partial charge is 0.381 e. The number of thioether (sulfide) groups is 1. The third-order valence-corrected chi connectivity index (χ3v) is 5.22.